The summed E-state index contributed by atoms with van der Waals surface area (Å²) in [6.07, 6.45) is 2.49. The van der Waals surface area contributed by atoms with Gasteiger partial charge in [-0.2, -0.15) is 17.7 Å². The van der Waals surface area contributed by atoms with Crippen LogP contribution in [0.15, 0.2) is 12.1 Å². The van der Waals surface area contributed by atoms with Crippen molar-refractivity contribution < 1.29 is 18.0 Å². The van der Waals surface area contributed by atoms with E-state index in [1.807, 2.05) is 4.90 Å². The molecule has 1 aliphatic carbocycles. The number of carbonyl (C=O) groups excluding carboxylic acids is 1. The number of aromatic nitrogens is 4. The van der Waals surface area contributed by atoms with E-state index in [2.05, 4.69) is 20.6 Å². The zero-order valence-corrected chi connectivity index (χ0v) is 15.5. The van der Waals surface area contributed by atoms with Crippen molar-refractivity contribution in [3.8, 4) is 0 Å². The molecule has 1 aliphatic heterocycles. The van der Waals surface area contributed by atoms with Gasteiger partial charge in [0.05, 0.1) is 5.92 Å². The van der Waals surface area contributed by atoms with E-state index in [4.69, 9.17) is 0 Å². The minimum Gasteiger partial charge on any atom is -0.354 e. The Balaban J connectivity index is 1.48. The minimum absolute atomic E-state index is 0.0398. The maximum absolute atomic E-state index is 13.1. The van der Waals surface area contributed by atoms with Gasteiger partial charge in [-0.05, 0) is 37.8 Å². The van der Waals surface area contributed by atoms with Crippen LogP contribution in [0.2, 0.25) is 0 Å². The van der Waals surface area contributed by atoms with Crippen molar-refractivity contribution in [1.82, 2.24) is 25.1 Å². The van der Waals surface area contributed by atoms with Crippen molar-refractivity contribution in [2.45, 2.75) is 57.2 Å². The number of anilines is 1. The number of halogens is 3. The second kappa shape index (κ2) is 7.56. The molecule has 152 valence electrons. The molecule has 1 saturated heterocycles. The predicted octanol–water partition coefficient (Wildman–Crippen LogP) is 2.81. The summed E-state index contributed by atoms with van der Waals surface area (Å²) in [6, 6.07) is 3.35. The smallest absolute Gasteiger partial charge is 0.354 e. The number of piperidine rings is 1. The minimum atomic E-state index is -4.63. The fraction of sp³-hybridized carbons (Fsp3) is 0.667. The lowest BCUT2D eigenvalue weighted by molar-refractivity contribution is -0.146. The number of hydrogen-bond donors (Lipinski definition) is 1. The van der Waals surface area contributed by atoms with E-state index in [1.54, 1.807) is 6.07 Å². The second-order valence-corrected chi connectivity index (χ2v) is 7.61. The van der Waals surface area contributed by atoms with Gasteiger partial charge in [-0.1, -0.05) is 19.3 Å². The topological polar surface area (TPSA) is 75.4 Å². The van der Waals surface area contributed by atoms with Crippen molar-refractivity contribution in [3.63, 3.8) is 0 Å². The summed E-state index contributed by atoms with van der Waals surface area (Å²) in [4.78, 5) is 14.5. The van der Waals surface area contributed by atoms with Gasteiger partial charge in [-0.25, -0.2) is 0 Å². The molecule has 1 atom stereocenters. The summed E-state index contributed by atoms with van der Waals surface area (Å²) in [6.45, 7) is 1.09. The lowest BCUT2D eigenvalue weighted by atomic mass is 9.93. The van der Waals surface area contributed by atoms with E-state index >= 15 is 0 Å². The number of fused-ring (bicyclic) bond motifs is 1. The van der Waals surface area contributed by atoms with Crippen molar-refractivity contribution in [3.05, 3.63) is 18.0 Å². The fourth-order valence-corrected chi connectivity index (χ4v) is 4.09. The van der Waals surface area contributed by atoms with Gasteiger partial charge in [0.1, 0.15) is 5.82 Å². The van der Waals surface area contributed by atoms with E-state index in [9.17, 15) is 18.0 Å². The first-order valence-electron chi connectivity index (χ1n) is 9.77. The van der Waals surface area contributed by atoms with Gasteiger partial charge >= 0.3 is 6.18 Å². The van der Waals surface area contributed by atoms with Crippen LogP contribution in [0.1, 0.15) is 50.8 Å². The summed E-state index contributed by atoms with van der Waals surface area (Å²) in [5.41, 5.74) is 0.0414. The normalized spacial score (nSPS) is 21.8. The first kappa shape index (κ1) is 18.9. The maximum Gasteiger partial charge on any atom is 0.453 e. The average Bonchev–Trinajstić information content (AvgIpc) is 3.12. The van der Waals surface area contributed by atoms with Gasteiger partial charge in [-0.15, -0.1) is 15.3 Å². The standard InChI is InChI=1S/C18H23F3N6O/c19-18(20,21)17-24-23-14-8-9-15(25-27(14)17)26-10-4-5-12(11-26)16(28)22-13-6-2-1-3-7-13/h8-9,12-13H,1-7,10-11H2,(H,22,28)/t12-/m1/s1. The molecule has 0 bridgehead atoms. The van der Waals surface area contributed by atoms with E-state index < -0.39 is 12.0 Å². The Hall–Kier alpha value is -2.39. The number of hydrogen-bond acceptors (Lipinski definition) is 5. The molecular formula is C18H23F3N6O. The van der Waals surface area contributed by atoms with Crippen LogP contribution in [0.3, 0.4) is 0 Å². The van der Waals surface area contributed by atoms with E-state index in [0.29, 0.717) is 18.9 Å². The number of amides is 1. The van der Waals surface area contributed by atoms with Gasteiger partial charge in [0.15, 0.2) is 5.65 Å². The highest BCUT2D eigenvalue weighted by Gasteiger charge is 2.38. The summed E-state index contributed by atoms with van der Waals surface area (Å²) < 4.78 is 40.0. The highest BCUT2D eigenvalue weighted by Crippen LogP contribution is 2.29. The molecule has 4 rings (SSSR count). The van der Waals surface area contributed by atoms with Crippen LogP contribution in [0, 0.1) is 5.92 Å². The molecule has 0 spiro atoms. The molecule has 2 fully saturated rings. The summed E-state index contributed by atoms with van der Waals surface area (Å²) in [7, 11) is 0. The molecule has 0 unspecified atom stereocenters. The Morgan fingerprint density at radius 1 is 1.07 bits per heavy atom. The zero-order chi connectivity index (χ0) is 19.7. The Morgan fingerprint density at radius 3 is 2.61 bits per heavy atom. The zero-order valence-electron chi connectivity index (χ0n) is 15.5. The lowest BCUT2D eigenvalue weighted by Crippen LogP contribution is -2.46. The largest absolute Gasteiger partial charge is 0.453 e. The Kier molecular flexibility index (Phi) is 5.11. The summed E-state index contributed by atoms with van der Waals surface area (Å²) in [5.74, 6) is -0.893. The Labute approximate surface area is 160 Å². The molecule has 1 amide bonds. The average molecular weight is 396 g/mol. The molecule has 0 radical (unpaired) electrons. The molecule has 1 saturated carbocycles. The third-order valence-electron chi connectivity index (χ3n) is 5.57. The third kappa shape index (κ3) is 3.90. The molecule has 3 heterocycles. The molecule has 0 aromatic carbocycles. The van der Waals surface area contributed by atoms with Crippen LogP contribution < -0.4 is 10.2 Å². The van der Waals surface area contributed by atoms with Crippen LogP contribution in [0.4, 0.5) is 19.0 Å². The second-order valence-electron chi connectivity index (χ2n) is 7.61. The molecular weight excluding hydrogens is 373 g/mol. The Morgan fingerprint density at radius 2 is 1.86 bits per heavy atom. The molecule has 10 heteroatoms. The van der Waals surface area contributed by atoms with Crippen molar-refractivity contribution in [1.29, 1.82) is 0 Å². The highest BCUT2D eigenvalue weighted by atomic mass is 19.4. The van der Waals surface area contributed by atoms with E-state index in [1.165, 1.54) is 12.5 Å². The van der Waals surface area contributed by atoms with Crippen LogP contribution in [-0.4, -0.2) is 44.8 Å². The number of rotatable bonds is 3. The van der Waals surface area contributed by atoms with E-state index in [-0.39, 0.29) is 23.5 Å². The van der Waals surface area contributed by atoms with Gasteiger partial charge in [-0.3, -0.25) is 4.79 Å². The molecule has 2 aromatic heterocycles. The summed E-state index contributed by atoms with van der Waals surface area (Å²) in [5, 5.41) is 14.0. The van der Waals surface area contributed by atoms with E-state index in [0.717, 1.165) is 43.0 Å². The lowest BCUT2D eigenvalue weighted by Gasteiger charge is -2.34. The van der Waals surface area contributed by atoms with Crippen LogP contribution >= 0.6 is 0 Å². The monoisotopic (exact) mass is 396 g/mol. The number of alkyl halides is 3. The highest BCUT2D eigenvalue weighted by molar-refractivity contribution is 5.79. The fourth-order valence-electron chi connectivity index (χ4n) is 4.09. The number of nitrogens with zero attached hydrogens (tertiary/aromatic N) is 5. The molecule has 1 N–H and O–H groups in total. The van der Waals surface area contributed by atoms with Crippen molar-refractivity contribution in [2.24, 2.45) is 5.92 Å². The quantitative estimate of drug-likeness (QED) is 0.864. The SMILES string of the molecule is O=C(NC1CCCCC1)[C@@H]1CCCN(c2ccc3nnc(C(F)(F)F)n3n2)C1. The van der Waals surface area contributed by atoms with Gasteiger partial charge < -0.3 is 10.2 Å². The van der Waals surface area contributed by atoms with Crippen LogP contribution in [-0.2, 0) is 11.0 Å². The van der Waals surface area contributed by atoms with Gasteiger partial charge in [0, 0.05) is 19.1 Å². The van der Waals surface area contributed by atoms with Crippen LogP contribution in [0.25, 0.3) is 5.65 Å². The van der Waals surface area contributed by atoms with Gasteiger partial charge in [0.2, 0.25) is 5.91 Å². The first-order valence-corrected chi connectivity index (χ1v) is 9.77. The maximum atomic E-state index is 13.1. The van der Waals surface area contributed by atoms with Crippen molar-refractivity contribution >= 4 is 17.4 Å². The predicted molar refractivity (Wildman–Crippen MR) is 95.7 cm³/mol. The van der Waals surface area contributed by atoms with Gasteiger partial charge in [0.25, 0.3) is 5.82 Å². The molecule has 28 heavy (non-hydrogen) atoms. The Bertz CT molecular complexity index is 845. The van der Waals surface area contributed by atoms with Crippen molar-refractivity contribution in [2.75, 3.05) is 18.0 Å². The first-order chi connectivity index (χ1) is 13.4. The molecule has 7 nitrogen and oxygen atoms in total. The molecule has 2 aromatic rings. The van der Waals surface area contributed by atoms with Crippen LogP contribution in [0.5, 0.6) is 0 Å². The number of nitrogens with one attached hydrogen (secondary N) is 1. The summed E-state index contributed by atoms with van der Waals surface area (Å²) >= 11 is 0. The molecule has 2 aliphatic rings. The third-order valence-corrected chi connectivity index (χ3v) is 5.57. The number of carbonyl (C=O) groups is 1.